The number of pyridine rings is 1. The molecule has 0 bridgehead atoms. The maximum absolute atomic E-state index is 12.6. The van der Waals surface area contributed by atoms with Gasteiger partial charge >= 0.3 is 6.03 Å². The van der Waals surface area contributed by atoms with E-state index >= 15 is 0 Å². The number of hydrogen-bond donors (Lipinski definition) is 2. The second-order valence-electron chi connectivity index (χ2n) is 8.05. The van der Waals surface area contributed by atoms with E-state index < -0.39 is 0 Å². The van der Waals surface area contributed by atoms with Crippen molar-refractivity contribution in [1.29, 1.82) is 0 Å². The standard InChI is InChI=1S/C23H29ClN4O2/c1-16-3-8-19(14-25-16)22(29)28(2)15-18-6-11-21(12-7-18)27-23(30)26-13-17-4-9-20(24)10-5-17/h3-5,8-10,14,18,21H,6-7,11-13,15H2,1-2H3,(H2,26,27,30). The van der Waals surface area contributed by atoms with Gasteiger partial charge in [-0.2, -0.15) is 0 Å². The van der Waals surface area contributed by atoms with Crippen molar-refractivity contribution in [3.05, 3.63) is 64.4 Å². The molecule has 0 saturated heterocycles. The predicted molar refractivity (Wildman–Crippen MR) is 119 cm³/mol. The third-order valence-corrected chi connectivity index (χ3v) is 5.84. The van der Waals surface area contributed by atoms with E-state index in [2.05, 4.69) is 15.6 Å². The molecule has 1 heterocycles. The number of rotatable bonds is 6. The molecule has 3 rings (SSSR count). The summed E-state index contributed by atoms with van der Waals surface area (Å²) in [6, 6.07) is 11.1. The van der Waals surface area contributed by atoms with E-state index in [-0.39, 0.29) is 18.0 Å². The molecule has 1 saturated carbocycles. The summed E-state index contributed by atoms with van der Waals surface area (Å²) in [6.45, 7) is 3.10. The average molecular weight is 429 g/mol. The summed E-state index contributed by atoms with van der Waals surface area (Å²) in [7, 11) is 1.84. The summed E-state index contributed by atoms with van der Waals surface area (Å²) < 4.78 is 0. The first kappa shape index (κ1) is 22.1. The highest BCUT2D eigenvalue weighted by molar-refractivity contribution is 6.30. The van der Waals surface area contributed by atoms with Gasteiger partial charge in [-0.05, 0) is 68.4 Å². The van der Waals surface area contributed by atoms with Crippen LogP contribution in [0.4, 0.5) is 4.79 Å². The van der Waals surface area contributed by atoms with Gasteiger partial charge in [-0.1, -0.05) is 23.7 Å². The molecule has 0 unspecified atom stereocenters. The van der Waals surface area contributed by atoms with Gasteiger partial charge in [-0.15, -0.1) is 0 Å². The Labute approximate surface area is 183 Å². The first-order valence-corrected chi connectivity index (χ1v) is 10.8. The first-order valence-electron chi connectivity index (χ1n) is 10.4. The molecule has 3 amide bonds. The van der Waals surface area contributed by atoms with Gasteiger partial charge in [0.25, 0.3) is 5.91 Å². The fourth-order valence-corrected chi connectivity index (χ4v) is 3.92. The third-order valence-electron chi connectivity index (χ3n) is 5.59. The van der Waals surface area contributed by atoms with E-state index in [0.717, 1.165) is 43.5 Å². The van der Waals surface area contributed by atoms with Crippen LogP contribution in [0.1, 0.15) is 47.3 Å². The molecule has 6 nitrogen and oxygen atoms in total. The van der Waals surface area contributed by atoms with Crippen LogP contribution in [0.15, 0.2) is 42.6 Å². The Bertz CT molecular complexity index is 847. The lowest BCUT2D eigenvalue weighted by molar-refractivity contribution is 0.0757. The zero-order valence-corrected chi connectivity index (χ0v) is 18.3. The number of carbonyl (C=O) groups is 2. The van der Waals surface area contributed by atoms with Gasteiger partial charge < -0.3 is 15.5 Å². The zero-order valence-electron chi connectivity index (χ0n) is 17.5. The molecule has 0 spiro atoms. The lowest BCUT2D eigenvalue weighted by Gasteiger charge is -2.31. The van der Waals surface area contributed by atoms with Crippen LogP contribution in [0, 0.1) is 12.8 Å². The van der Waals surface area contributed by atoms with Crippen LogP contribution in [-0.4, -0.2) is 41.5 Å². The Morgan fingerprint density at radius 1 is 1.10 bits per heavy atom. The Kier molecular flexibility index (Phi) is 7.69. The lowest BCUT2D eigenvalue weighted by Crippen LogP contribution is -2.44. The van der Waals surface area contributed by atoms with Crippen molar-refractivity contribution in [2.45, 2.75) is 45.2 Å². The predicted octanol–water partition coefficient (Wildman–Crippen LogP) is 4.17. The van der Waals surface area contributed by atoms with E-state index in [1.54, 1.807) is 11.1 Å². The normalized spacial score (nSPS) is 18.5. The van der Waals surface area contributed by atoms with Gasteiger partial charge in [-0.25, -0.2) is 4.79 Å². The molecule has 2 aromatic rings. The van der Waals surface area contributed by atoms with Crippen LogP contribution in [0.5, 0.6) is 0 Å². The average Bonchev–Trinajstić information content (AvgIpc) is 2.75. The van der Waals surface area contributed by atoms with Crippen LogP contribution in [0.25, 0.3) is 0 Å². The van der Waals surface area contributed by atoms with Crippen LogP contribution in [-0.2, 0) is 6.54 Å². The number of carbonyl (C=O) groups excluding carboxylic acids is 2. The maximum Gasteiger partial charge on any atom is 0.315 e. The van der Waals surface area contributed by atoms with Crippen molar-refractivity contribution in [2.75, 3.05) is 13.6 Å². The highest BCUT2D eigenvalue weighted by Gasteiger charge is 2.25. The number of hydrogen-bond acceptors (Lipinski definition) is 3. The van der Waals surface area contributed by atoms with Crippen LogP contribution in [0.2, 0.25) is 5.02 Å². The lowest BCUT2D eigenvalue weighted by atomic mass is 9.85. The Morgan fingerprint density at radius 2 is 1.80 bits per heavy atom. The minimum absolute atomic E-state index is 0.00401. The topological polar surface area (TPSA) is 74.3 Å². The van der Waals surface area contributed by atoms with Gasteiger partial charge in [-0.3, -0.25) is 9.78 Å². The smallest absolute Gasteiger partial charge is 0.315 e. The zero-order chi connectivity index (χ0) is 21.5. The summed E-state index contributed by atoms with van der Waals surface area (Å²) in [6.07, 6.45) is 5.47. The van der Waals surface area contributed by atoms with Crippen LogP contribution in [0.3, 0.4) is 0 Å². The molecule has 30 heavy (non-hydrogen) atoms. The van der Waals surface area contributed by atoms with Crippen molar-refractivity contribution in [1.82, 2.24) is 20.5 Å². The molecule has 1 aromatic heterocycles. The number of aromatic nitrogens is 1. The summed E-state index contributed by atoms with van der Waals surface area (Å²) in [4.78, 5) is 30.7. The van der Waals surface area contributed by atoms with Crippen molar-refractivity contribution in [2.24, 2.45) is 5.92 Å². The largest absolute Gasteiger partial charge is 0.341 e. The fraction of sp³-hybridized carbons (Fsp3) is 0.435. The number of nitrogens with zero attached hydrogens (tertiary/aromatic N) is 2. The first-order chi connectivity index (χ1) is 14.4. The molecule has 2 N–H and O–H groups in total. The Hall–Kier alpha value is -2.60. The second-order valence-corrected chi connectivity index (χ2v) is 8.48. The van der Waals surface area contributed by atoms with Crippen molar-refractivity contribution in [3.63, 3.8) is 0 Å². The molecule has 1 fully saturated rings. The minimum atomic E-state index is -0.146. The van der Waals surface area contributed by atoms with Crippen molar-refractivity contribution >= 4 is 23.5 Å². The monoisotopic (exact) mass is 428 g/mol. The van der Waals surface area contributed by atoms with Gasteiger partial charge in [0.05, 0.1) is 5.56 Å². The van der Waals surface area contributed by atoms with Gasteiger partial charge in [0.2, 0.25) is 0 Å². The summed E-state index contributed by atoms with van der Waals surface area (Å²) >= 11 is 5.88. The Morgan fingerprint density at radius 3 is 2.43 bits per heavy atom. The minimum Gasteiger partial charge on any atom is -0.341 e. The summed E-state index contributed by atoms with van der Waals surface area (Å²) in [5.41, 5.74) is 2.53. The molecular weight excluding hydrogens is 400 g/mol. The van der Waals surface area contributed by atoms with Gasteiger partial charge in [0.1, 0.15) is 0 Å². The molecular formula is C23H29ClN4O2. The van der Waals surface area contributed by atoms with Gasteiger partial charge in [0.15, 0.2) is 0 Å². The third kappa shape index (κ3) is 6.46. The maximum atomic E-state index is 12.6. The highest BCUT2D eigenvalue weighted by Crippen LogP contribution is 2.25. The van der Waals surface area contributed by atoms with Gasteiger partial charge in [0, 0.05) is 43.1 Å². The molecule has 0 atom stereocenters. The molecule has 1 aromatic carbocycles. The fourth-order valence-electron chi connectivity index (χ4n) is 3.80. The molecule has 0 radical (unpaired) electrons. The molecule has 1 aliphatic carbocycles. The molecule has 7 heteroatoms. The molecule has 160 valence electrons. The van der Waals surface area contributed by atoms with E-state index in [0.29, 0.717) is 23.0 Å². The summed E-state index contributed by atoms with van der Waals surface area (Å²) in [5, 5.41) is 6.64. The van der Waals surface area contributed by atoms with E-state index in [9.17, 15) is 9.59 Å². The molecule has 1 aliphatic rings. The number of amides is 3. The number of halogens is 1. The number of benzene rings is 1. The Balaban J connectivity index is 1.37. The quantitative estimate of drug-likeness (QED) is 0.724. The van der Waals surface area contributed by atoms with Crippen molar-refractivity contribution < 1.29 is 9.59 Å². The number of nitrogens with one attached hydrogen (secondary N) is 2. The highest BCUT2D eigenvalue weighted by atomic mass is 35.5. The second kappa shape index (κ2) is 10.4. The van der Waals surface area contributed by atoms with E-state index in [1.807, 2.05) is 50.4 Å². The van der Waals surface area contributed by atoms with Crippen LogP contribution >= 0.6 is 11.6 Å². The van der Waals surface area contributed by atoms with E-state index in [1.165, 1.54) is 0 Å². The number of aryl methyl sites for hydroxylation is 1. The SMILES string of the molecule is Cc1ccc(C(=O)N(C)CC2CCC(NC(=O)NCc3ccc(Cl)cc3)CC2)cn1. The number of urea groups is 1. The summed E-state index contributed by atoms with van der Waals surface area (Å²) in [5.74, 6) is 0.455. The van der Waals surface area contributed by atoms with Crippen LogP contribution < -0.4 is 10.6 Å². The molecule has 0 aliphatic heterocycles. The van der Waals surface area contributed by atoms with Crippen molar-refractivity contribution in [3.8, 4) is 0 Å². The van der Waals surface area contributed by atoms with E-state index in [4.69, 9.17) is 11.6 Å².